The van der Waals surface area contributed by atoms with Crippen molar-refractivity contribution in [3.63, 3.8) is 0 Å². The summed E-state index contributed by atoms with van der Waals surface area (Å²) in [5.74, 6) is 0.761. The molecule has 0 saturated carbocycles. The number of nitrogens with zero attached hydrogens (tertiary/aromatic N) is 2. The molecule has 0 amide bonds. The smallest absolute Gasteiger partial charge is 0.239 e. The van der Waals surface area contributed by atoms with Gasteiger partial charge < -0.3 is 9.30 Å². The molecular weight excluding hydrogens is 429 g/mol. The number of sulfonamides is 1. The second-order valence-corrected chi connectivity index (χ2v) is 8.24. The number of halogens is 2. The summed E-state index contributed by atoms with van der Waals surface area (Å²) in [5, 5.41) is 7.22. The first-order chi connectivity index (χ1) is 12.3. The Labute approximate surface area is 172 Å². The number of benzene rings is 2. The predicted octanol–water partition coefficient (Wildman–Crippen LogP) is 3.72. The summed E-state index contributed by atoms with van der Waals surface area (Å²) in [7, 11) is -0.427. The normalized spacial score (nSPS) is 11.9. The molecule has 10 heteroatoms. The lowest BCUT2D eigenvalue weighted by molar-refractivity contribution is 0.415. The van der Waals surface area contributed by atoms with Crippen LogP contribution in [0.15, 0.2) is 57.7 Å². The molecule has 2 N–H and O–H groups in total. The van der Waals surface area contributed by atoms with Crippen molar-refractivity contribution < 1.29 is 13.2 Å². The first-order valence-electron chi connectivity index (χ1n) is 7.45. The molecule has 0 aliphatic heterocycles. The Hall–Kier alpha value is -1.84. The van der Waals surface area contributed by atoms with E-state index in [0.717, 1.165) is 21.9 Å². The lowest BCUT2D eigenvalue weighted by Crippen LogP contribution is -2.13. The average Bonchev–Trinajstić information content (AvgIpc) is 2.96. The largest absolute Gasteiger partial charge is 0.497 e. The van der Waals surface area contributed by atoms with Crippen LogP contribution < -0.4 is 14.7 Å². The molecule has 0 bridgehead atoms. The summed E-state index contributed by atoms with van der Waals surface area (Å²) in [4.78, 5) is 5.27. The van der Waals surface area contributed by atoms with Crippen LogP contribution in [0.4, 0.5) is 5.69 Å². The quantitative estimate of drug-likeness (QED) is 0.663. The van der Waals surface area contributed by atoms with E-state index in [1.54, 1.807) is 13.2 Å². The molecule has 6 nitrogen and oxygen atoms in total. The highest BCUT2D eigenvalue weighted by atomic mass is 35.5. The highest BCUT2D eigenvalue weighted by Gasteiger charge is 2.15. The van der Waals surface area contributed by atoms with Crippen LogP contribution in [0.25, 0.3) is 11.3 Å². The Bertz CT molecular complexity index is 1120. The van der Waals surface area contributed by atoms with Crippen molar-refractivity contribution >= 4 is 51.1 Å². The first kappa shape index (κ1) is 21.5. The standard InChI is InChI=1S/C17H16ClN3O3S2.ClH/c1-21-15(11-3-8-14(18)16(9-11)26(19,22)23)10-25-17(21)20-12-4-6-13(24-2)7-5-12;/h3-10H,1-2H3,(H2,19,22,23);1H/b20-17+;. The van der Waals surface area contributed by atoms with Crippen LogP contribution in [0.3, 0.4) is 0 Å². The number of ether oxygens (including phenoxy) is 1. The van der Waals surface area contributed by atoms with Gasteiger partial charge in [0.15, 0.2) is 4.80 Å². The zero-order chi connectivity index (χ0) is 18.9. The van der Waals surface area contributed by atoms with E-state index in [4.69, 9.17) is 21.5 Å². The number of rotatable bonds is 4. The van der Waals surface area contributed by atoms with E-state index in [0.29, 0.717) is 5.56 Å². The predicted molar refractivity (Wildman–Crippen MR) is 111 cm³/mol. The summed E-state index contributed by atoms with van der Waals surface area (Å²) < 4.78 is 30.4. The van der Waals surface area contributed by atoms with Crippen molar-refractivity contribution in [1.82, 2.24) is 4.57 Å². The van der Waals surface area contributed by atoms with Gasteiger partial charge in [0.2, 0.25) is 10.0 Å². The molecular formula is C17H17Cl2N3O3S2. The van der Waals surface area contributed by atoms with Crippen LogP contribution in [0.2, 0.25) is 5.02 Å². The maximum atomic E-state index is 11.7. The van der Waals surface area contributed by atoms with Gasteiger partial charge in [0.05, 0.1) is 23.5 Å². The van der Waals surface area contributed by atoms with E-state index in [-0.39, 0.29) is 22.3 Å². The number of nitrogens with two attached hydrogens (primary N) is 1. The lowest BCUT2D eigenvalue weighted by atomic mass is 10.2. The average molecular weight is 446 g/mol. The van der Waals surface area contributed by atoms with Gasteiger partial charge in [-0.2, -0.15) is 0 Å². The second-order valence-electron chi connectivity index (χ2n) is 5.46. The lowest BCUT2D eigenvalue weighted by Gasteiger charge is -2.07. The number of thiazole rings is 1. The highest BCUT2D eigenvalue weighted by Crippen LogP contribution is 2.28. The third-order valence-corrected chi connectivity index (χ3v) is 6.06. The first-order valence-corrected chi connectivity index (χ1v) is 10.3. The van der Waals surface area contributed by atoms with Gasteiger partial charge in [-0.05, 0) is 36.4 Å². The Morgan fingerprint density at radius 3 is 2.44 bits per heavy atom. The Morgan fingerprint density at radius 1 is 1.19 bits per heavy atom. The zero-order valence-corrected chi connectivity index (χ0v) is 17.6. The van der Waals surface area contributed by atoms with Crippen LogP contribution in [0.5, 0.6) is 5.75 Å². The summed E-state index contributed by atoms with van der Waals surface area (Å²) in [6.45, 7) is 0. The molecule has 0 atom stereocenters. The molecule has 3 rings (SSSR count). The minimum absolute atomic E-state index is 0. The van der Waals surface area contributed by atoms with E-state index in [9.17, 15) is 8.42 Å². The highest BCUT2D eigenvalue weighted by molar-refractivity contribution is 7.89. The molecule has 144 valence electrons. The molecule has 0 aliphatic carbocycles. The molecule has 0 unspecified atom stereocenters. The van der Waals surface area contributed by atoms with E-state index < -0.39 is 10.0 Å². The molecule has 27 heavy (non-hydrogen) atoms. The van der Waals surface area contributed by atoms with Crippen molar-refractivity contribution in [2.45, 2.75) is 4.90 Å². The van der Waals surface area contributed by atoms with Gasteiger partial charge in [0.25, 0.3) is 0 Å². The molecule has 1 heterocycles. The maximum absolute atomic E-state index is 11.7. The van der Waals surface area contributed by atoms with Crippen LogP contribution in [-0.2, 0) is 17.1 Å². The molecule has 0 fully saturated rings. The minimum Gasteiger partial charge on any atom is -0.497 e. The molecule has 2 aromatic carbocycles. The van der Waals surface area contributed by atoms with Gasteiger partial charge in [-0.3, -0.25) is 0 Å². The van der Waals surface area contributed by atoms with E-state index >= 15 is 0 Å². The minimum atomic E-state index is -3.90. The van der Waals surface area contributed by atoms with Gasteiger partial charge in [0.1, 0.15) is 10.6 Å². The molecule has 3 aromatic rings. The van der Waals surface area contributed by atoms with Gasteiger partial charge in [-0.1, -0.05) is 17.7 Å². The second kappa shape index (κ2) is 8.45. The summed E-state index contributed by atoms with van der Waals surface area (Å²) >= 11 is 7.40. The fraction of sp³-hybridized carbons (Fsp3) is 0.118. The van der Waals surface area contributed by atoms with Crippen LogP contribution in [-0.4, -0.2) is 20.1 Å². The summed E-state index contributed by atoms with van der Waals surface area (Å²) in [6.07, 6.45) is 0. The van der Waals surface area contributed by atoms with Crippen molar-refractivity contribution in [3.05, 3.63) is 57.7 Å². The van der Waals surface area contributed by atoms with Crippen molar-refractivity contribution in [2.75, 3.05) is 7.11 Å². The fourth-order valence-electron chi connectivity index (χ4n) is 2.38. The van der Waals surface area contributed by atoms with Crippen LogP contribution >= 0.6 is 35.3 Å². The van der Waals surface area contributed by atoms with E-state index in [2.05, 4.69) is 4.99 Å². The van der Waals surface area contributed by atoms with E-state index in [1.807, 2.05) is 41.3 Å². The summed E-state index contributed by atoms with van der Waals surface area (Å²) in [6, 6.07) is 12.1. The monoisotopic (exact) mass is 445 g/mol. The van der Waals surface area contributed by atoms with Crippen molar-refractivity contribution in [1.29, 1.82) is 0 Å². The van der Waals surface area contributed by atoms with Crippen LogP contribution in [0, 0.1) is 0 Å². The van der Waals surface area contributed by atoms with E-state index in [1.165, 1.54) is 23.5 Å². The molecule has 0 radical (unpaired) electrons. The molecule has 0 spiro atoms. The third kappa shape index (κ3) is 4.72. The SMILES string of the molecule is COc1ccc(/N=c2/scc(-c3ccc(Cl)c(S(N)(=O)=O)c3)n2C)cc1.Cl. The molecule has 1 aromatic heterocycles. The van der Waals surface area contributed by atoms with Crippen LogP contribution in [0.1, 0.15) is 0 Å². The summed E-state index contributed by atoms with van der Waals surface area (Å²) in [5.41, 5.74) is 2.29. The van der Waals surface area contributed by atoms with Gasteiger partial charge in [0, 0.05) is 18.0 Å². The zero-order valence-electron chi connectivity index (χ0n) is 14.4. The maximum Gasteiger partial charge on any atom is 0.239 e. The van der Waals surface area contributed by atoms with Gasteiger partial charge in [-0.25, -0.2) is 18.5 Å². The topological polar surface area (TPSA) is 86.7 Å². The third-order valence-electron chi connectivity index (χ3n) is 3.75. The van der Waals surface area contributed by atoms with Crippen molar-refractivity contribution in [2.24, 2.45) is 17.2 Å². The van der Waals surface area contributed by atoms with Gasteiger partial charge >= 0.3 is 0 Å². The fourth-order valence-corrected chi connectivity index (χ4v) is 4.38. The Morgan fingerprint density at radius 2 is 1.85 bits per heavy atom. The Balaban J connectivity index is 0.00000261. The number of methoxy groups -OCH3 is 1. The number of hydrogen-bond acceptors (Lipinski definition) is 5. The number of hydrogen-bond donors (Lipinski definition) is 1. The molecule has 0 saturated heterocycles. The molecule has 0 aliphatic rings. The van der Waals surface area contributed by atoms with Crippen molar-refractivity contribution in [3.8, 4) is 17.0 Å². The number of aromatic nitrogens is 1. The number of primary sulfonamides is 1. The Kier molecular flexibility index (Phi) is 6.72. The van der Waals surface area contributed by atoms with Gasteiger partial charge in [-0.15, -0.1) is 23.7 Å².